The SMILES string of the molecule is Cc1ccc(C(=O)N[C@H]2COC[C@@H]2N2CCN(C)CC2)n1C(F)F. The number of rotatable bonds is 4. The lowest BCUT2D eigenvalue weighted by molar-refractivity contribution is 0.0603. The Morgan fingerprint density at radius 3 is 2.62 bits per heavy atom. The number of aromatic nitrogens is 1. The first kappa shape index (κ1) is 17.3. The maximum absolute atomic E-state index is 13.1. The van der Waals surface area contributed by atoms with Crippen molar-refractivity contribution < 1.29 is 18.3 Å². The van der Waals surface area contributed by atoms with Gasteiger partial charge in [-0.2, -0.15) is 8.78 Å². The number of amides is 1. The van der Waals surface area contributed by atoms with E-state index in [1.807, 2.05) is 0 Å². The molecule has 1 aromatic heterocycles. The summed E-state index contributed by atoms with van der Waals surface area (Å²) in [4.78, 5) is 17.0. The Hall–Kier alpha value is -1.51. The van der Waals surface area contributed by atoms with E-state index in [0.29, 0.717) is 18.9 Å². The minimum absolute atomic E-state index is 0.00784. The largest absolute Gasteiger partial charge is 0.378 e. The number of nitrogens with one attached hydrogen (secondary N) is 1. The first-order chi connectivity index (χ1) is 11.5. The van der Waals surface area contributed by atoms with Gasteiger partial charge in [-0.3, -0.25) is 14.3 Å². The summed E-state index contributed by atoms with van der Waals surface area (Å²) in [5, 5.41) is 2.89. The standard InChI is InChI=1S/C16H24F2N4O2/c1-11-3-4-13(22(11)16(17)18)15(23)19-12-9-24-10-14(12)21-7-5-20(2)6-8-21/h3-4,12,14,16H,5-10H2,1-2H3,(H,19,23)/t12-,14-/m0/s1. The van der Waals surface area contributed by atoms with Crippen molar-refractivity contribution in [3.8, 4) is 0 Å². The van der Waals surface area contributed by atoms with Crippen LogP contribution in [0.2, 0.25) is 0 Å². The van der Waals surface area contributed by atoms with Crippen LogP contribution in [0.3, 0.4) is 0 Å². The normalized spacial score (nSPS) is 26.2. The number of hydrogen-bond donors (Lipinski definition) is 1. The number of likely N-dealkylation sites (N-methyl/N-ethyl adjacent to an activating group) is 1. The lowest BCUT2D eigenvalue weighted by Crippen LogP contribution is -2.56. The summed E-state index contributed by atoms with van der Waals surface area (Å²) in [5.74, 6) is -0.474. The zero-order valence-electron chi connectivity index (χ0n) is 14.0. The number of carbonyl (C=O) groups is 1. The number of halogens is 2. The van der Waals surface area contributed by atoms with E-state index in [1.165, 1.54) is 12.1 Å². The van der Waals surface area contributed by atoms with E-state index in [-0.39, 0.29) is 17.8 Å². The number of ether oxygens (including phenoxy) is 1. The quantitative estimate of drug-likeness (QED) is 0.885. The third-order valence-electron chi connectivity index (χ3n) is 4.92. The number of hydrogen-bond acceptors (Lipinski definition) is 4. The summed E-state index contributed by atoms with van der Waals surface area (Å²) < 4.78 is 32.6. The van der Waals surface area contributed by atoms with Gasteiger partial charge in [-0.1, -0.05) is 0 Å². The molecule has 2 aliphatic heterocycles. The second kappa shape index (κ2) is 7.16. The van der Waals surface area contributed by atoms with Gasteiger partial charge in [-0.25, -0.2) is 0 Å². The second-order valence-electron chi connectivity index (χ2n) is 6.53. The van der Waals surface area contributed by atoms with Gasteiger partial charge in [0, 0.05) is 31.9 Å². The van der Waals surface area contributed by atoms with Crippen molar-refractivity contribution in [3.63, 3.8) is 0 Å². The van der Waals surface area contributed by atoms with E-state index in [9.17, 15) is 13.6 Å². The number of carbonyl (C=O) groups excluding carboxylic acids is 1. The Balaban J connectivity index is 1.67. The van der Waals surface area contributed by atoms with Crippen molar-refractivity contribution in [1.29, 1.82) is 0 Å². The fourth-order valence-corrected chi connectivity index (χ4v) is 3.43. The van der Waals surface area contributed by atoms with Crippen molar-refractivity contribution in [2.24, 2.45) is 0 Å². The van der Waals surface area contributed by atoms with E-state index in [1.54, 1.807) is 6.92 Å². The van der Waals surface area contributed by atoms with Crippen LogP contribution in [0, 0.1) is 6.92 Å². The van der Waals surface area contributed by atoms with Gasteiger partial charge in [0.05, 0.1) is 25.3 Å². The van der Waals surface area contributed by atoms with Crippen LogP contribution in [0.4, 0.5) is 8.78 Å². The van der Waals surface area contributed by atoms with E-state index >= 15 is 0 Å². The molecule has 6 nitrogen and oxygen atoms in total. The summed E-state index contributed by atoms with van der Waals surface area (Å²) in [5.41, 5.74) is 0.361. The molecule has 1 aromatic rings. The first-order valence-electron chi connectivity index (χ1n) is 8.24. The van der Waals surface area contributed by atoms with Crippen LogP contribution in [-0.4, -0.2) is 78.8 Å². The molecule has 134 valence electrons. The molecule has 8 heteroatoms. The van der Waals surface area contributed by atoms with Crippen molar-refractivity contribution in [1.82, 2.24) is 19.7 Å². The molecule has 2 saturated heterocycles. The topological polar surface area (TPSA) is 49.7 Å². The third kappa shape index (κ3) is 3.45. The molecule has 2 atom stereocenters. The highest BCUT2D eigenvalue weighted by Gasteiger charge is 2.36. The third-order valence-corrected chi connectivity index (χ3v) is 4.92. The highest BCUT2D eigenvalue weighted by atomic mass is 19.3. The number of nitrogens with zero attached hydrogens (tertiary/aromatic N) is 3. The molecular weight excluding hydrogens is 318 g/mol. The fraction of sp³-hybridized carbons (Fsp3) is 0.688. The van der Waals surface area contributed by atoms with Crippen molar-refractivity contribution >= 4 is 5.91 Å². The molecule has 0 radical (unpaired) electrons. The molecule has 2 aliphatic rings. The van der Waals surface area contributed by atoms with E-state index in [0.717, 1.165) is 30.7 Å². The van der Waals surface area contributed by atoms with Crippen molar-refractivity contribution in [3.05, 3.63) is 23.5 Å². The zero-order chi connectivity index (χ0) is 17.3. The van der Waals surface area contributed by atoms with Gasteiger partial charge in [0.1, 0.15) is 5.69 Å². The second-order valence-corrected chi connectivity index (χ2v) is 6.53. The summed E-state index contributed by atoms with van der Waals surface area (Å²) in [7, 11) is 2.09. The highest BCUT2D eigenvalue weighted by Crippen LogP contribution is 2.20. The van der Waals surface area contributed by atoms with Gasteiger partial charge in [-0.15, -0.1) is 0 Å². The molecule has 0 bridgehead atoms. The average molecular weight is 342 g/mol. The Bertz CT molecular complexity index is 585. The van der Waals surface area contributed by atoms with Crippen molar-refractivity contribution in [2.45, 2.75) is 25.6 Å². The van der Waals surface area contributed by atoms with Gasteiger partial charge < -0.3 is 15.0 Å². The number of piperazine rings is 1. The molecule has 1 N–H and O–H groups in total. The van der Waals surface area contributed by atoms with Crippen LogP contribution >= 0.6 is 0 Å². The molecule has 0 spiro atoms. The first-order valence-corrected chi connectivity index (χ1v) is 8.24. The van der Waals surface area contributed by atoms with Gasteiger partial charge >= 0.3 is 6.55 Å². The number of alkyl halides is 2. The Kier molecular flexibility index (Phi) is 5.17. The predicted molar refractivity (Wildman–Crippen MR) is 85.4 cm³/mol. The van der Waals surface area contributed by atoms with Gasteiger partial charge in [0.15, 0.2) is 0 Å². The minimum atomic E-state index is -2.73. The predicted octanol–water partition coefficient (Wildman–Crippen LogP) is 0.936. The van der Waals surface area contributed by atoms with Crippen LogP contribution in [0.1, 0.15) is 22.7 Å². The summed E-state index contributed by atoms with van der Waals surface area (Å²) in [6.45, 7) is 3.60. The van der Waals surface area contributed by atoms with Crippen LogP contribution in [0.15, 0.2) is 12.1 Å². The zero-order valence-corrected chi connectivity index (χ0v) is 14.0. The van der Waals surface area contributed by atoms with E-state index in [2.05, 4.69) is 22.2 Å². The van der Waals surface area contributed by atoms with E-state index < -0.39 is 12.5 Å². The Labute approximate surface area is 140 Å². The lowest BCUT2D eigenvalue weighted by Gasteiger charge is -2.38. The molecule has 3 rings (SSSR count). The van der Waals surface area contributed by atoms with Crippen molar-refractivity contribution in [2.75, 3.05) is 46.4 Å². The molecule has 0 aliphatic carbocycles. The maximum Gasteiger partial charge on any atom is 0.319 e. The molecule has 3 heterocycles. The number of aryl methyl sites for hydroxylation is 1. The smallest absolute Gasteiger partial charge is 0.319 e. The van der Waals surface area contributed by atoms with Crippen LogP contribution in [-0.2, 0) is 4.74 Å². The molecule has 0 unspecified atom stereocenters. The average Bonchev–Trinajstić information content (AvgIpc) is 3.14. The van der Waals surface area contributed by atoms with Crippen LogP contribution in [0.25, 0.3) is 0 Å². The molecule has 1 amide bonds. The monoisotopic (exact) mass is 342 g/mol. The molecule has 2 fully saturated rings. The van der Waals surface area contributed by atoms with Crippen LogP contribution < -0.4 is 5.32 Å². The fourth-order valence-electron chi connectivity index (χ4n) is 3.43. The highest BCUT2D eigenvalue weighted by molar-refractivity contribution is 5.93. The minimum Gasteiger partial charge on any atom is -0.378 e. The van der Waals surface area contributed by atoms with Gasteiger partial charge in [-0.05, 0) is 26.1 Å². The summed E-state index contributed by atoms with van der Waals surface area (Å²) in [6.07, 6.45) is 0. The Morgan fingerprint density at radius 1 is 1.25 bits per heavy atom. The molecule has 24 heavy (non-hydrogen) atoms. The van der Waals surface area contributed by atoms with Gasteiger partial charge in [0.2, 0.25) is 0 Å². The molecule has 0 aromatic carbocycles. The molecule has 0 saturated carbocycles. The summed E-state index contributed by atoms with van der Waals surface area (Å²) in [6, 6.07) is 2.89. The van der Waals surface area contributed by atoms with Gasteiger partial charge in [0.25, 0.3) is 5.91 Å². The summed E-state index contributed by atoms with van der Waals surface area (Å²) >= 11 is 0. The van der Waals surface area contributed by atoms with E-state index in [4.69, 9.17) is 4.74 Å². The Morgan fingerprint density at radius 2 is 1.96 bits per heavy atom. The van der Waals surface area contributed by atoms with Crippen LogP contribution in [0.5, 0.6) is 0 Å². The molecular formula is C16H24F2N4O2. The maximum atomic E-state index is 13.1. The lowest BCUT2D eigenvalue weighted by atomic mass is 10.1.